The molecule has 2 aromatic carbocycles. The second kappa shape index (κ2) is 8.33. The smallest absolute Gasteiger partial charge is 0.165 e. The van der Waals surface area contributed by atoms with Crippen molar-refractivity contribution in [3.63, 3.8) is 0 Å². The lowest BCUT2D eigenvalue weighted by Crippen LogP contribution is -2.03. The maximum Gasteiger partial charge on any atom is 0.165 e. The van der Waals surface area contributed by atoms with Crippen molar-refractivity contribution < 1.29 is 9.13 Å². The molecule has 0 fully saturated rings. The van der Waals surface area contributed by atoms with Gasteiger partial charge in [-0.05, 0) is 42.0 Å². The first-order chi connectivity index (χ1) is 11.1. The highest BCUT2D eigenvalue weighted by atomic mass is 19.1. The largest absolute Gasteiger partial charge is 0.491 e. The van der Waals surface area contributed by atoms with E-state index in [4.69, 9.17) is 4.74 Å². The third kappa shape index (κ3) is 4.82. The van der Waals surface area contributed by atoms with E-state index in [-0.39, 0.29) is 17.5 Å². The molecule has 3 heteroatoms. The summed E-state index contributed by atoms with van der Waals surface area (Å²) in [7, 11) is 0. The second-order valence-corrected chi connectivity index (χ2v) is 5.92. The number of hydrogen-bond donors (Lipinski definition) is 0. The minimum absolute atomic E-state index is 0.152. The van der Waals surface area contributed by atoms with Gasteiger partial charge in [0.25, 0.3) is 0 Å². The molecule has 0 aromatic heterocycles. The Balaban J connectivity index is 1.85. The molecule has 1 atom stereocenters. The summed E-state index contributed by atoms with van der Waals surface area (Å²) in [6.45, 7) is 4.71. The zero-order chi connectivity index (χ0) is 16.7. The minimum Gasteiger partial charge on any atom is -0.491 e. The number of nitriles is 1. The number of rotatable bonds is 7. The highest BCUT2D eigenvalue weighted by Crippen LogP contribution is 2.24. The Morgan fingerprint density at radius 2 is 1.70 bits per heavy atom. The van der Waals surface area contributed by atoms with Crippen LogP contribution >= 0.6 is 0 Å². The van der Waals surface area contributed by atoms with Crippen molar-refractivity contribution >= 4 is 0 Å². The van der Waals surface area contributed by atoms with E-state index >= 15 is 0 Å². The van der Waals surface area contributed by atoms with Crippen LogP contribution in [0, 0.1) is 17.1 Å². The molecular weight excluding hydrogens is 289 g/mol. The molecule has 23 heavy (non-hydrogen) atoms. The van der Waals surface area contributed by atoms with E-state index < -0.39 is 0 Å². The molecule has 120 valence electrons. The van der Waals surface area contributed by atoms with Crippen LogP contribution in [0.2, 0.25) is 0 Å². The van der Waals surface area contributed by atoms with Gasteiger partial charge in [-0.3, -0.25) is 0 Å². The monoisotopic (exact) mass is 311 g/mol. The Kier molecular flexibility index (Phi) is 6.17. The predicted molar refractivity (Wildman–Crippen MR) is 90.0 cm³/mol. The minimum atomic E-state index is -0.353. The van der Waals surface area contributed by atoms with Crippen LogP contribution in [0.5, 0.6) is 5.75 Å². The molecule has 0 N–H and O–H groups in total. The molecule has 0 aliphatic carbocycles. The van der Waals surface area contributed by atoms with Gasteiger partial charge in [0.05, 0.1) is 18.6 Å². The Hall–Kier alpha value is -2.34. The molecule has 0 heterocycles. The number of nitrogens with zero attached hydrogens (tertiary/aromatic N) is 1. The molecule has 2 aromatic rings. The lowest BCUT2D eigenvalue weighted by molar-refractivity contribution is 0.290. The van der Waals surface area contributed by atoms with Crippen LogP contribution in [-0.2, 0) is 0 Å². The Morgan fingerprint density at radius 1 is 1.04 bits per heavy atom. The molecule has 0 saturated heterocycles. The van der Waals surface area contributed by atoms with Gasteiger partial charge in [-0.1, -0.05) is 50.2 Å². The molecule has 0 bridgehead atoms. The Morgan fingerprint density at radius 3 is 2.30 bits per heavy atom. The number of hydrogen-bond acceptors (Lipinski definition) is 2. The van der Waals surface area contributed by atoms with Gasteiger partial charge in [0.2, 0.25) is 0 Å². The lowest BCUT2D eigenvalue weighted by Gasteiger charge is -2.12. The van der Waals surface area contributed by atoms with Crippen LogP contribution in [0.15, 0.2) is 48.5 Å². The first-order valence-corrected chi connectivity index (χ1v) is 7.98. The first-order valence-electron chi connectivity index (χ1n) is 7.98. The maximum atomic E-state index is 13.4. The van der Waals surface area contributed by atoms with E-state index in [0.717, 1.165) is 5.56 Å². The SMILES string of the molecule is CC(C)c1ccc(C(C#N)CCCOc2ccccc2F)cc1. The third-order valence-corrected chi connectivity index (χ3v) is 3.89. The first kappa shape index (κ1) is 17.0. The molecule has 0 spiro atoms. The van der Waals surface area contributed by atoms with Crippen LogP contribution in [0.25, 0.3) is 0 Å². The fourth-order valence-corrected chi connectivity index (χ4v) is 2.45. The van der Waals surface area contributed by atoms with Crippen LogP contribution in [0.1, 0.15) is 49.7 Å². The number of para-hydroxylation sites is 1. The van der Waals surface area contributed by atoms with Crippen LogP contribution < -0.4 is 4.74 Å². The van der Waals surface area contributed by atoms with Gasteiger partial charge < -0.3 is 4.74 Å². The van der Waals surface area contributed by atoms with Gasteiger partial charge in [0.15, 0.2) is 11.6 Å². The van der Waals surface area contributed by atoms with E-state index in [1.165, 1.54) is 11.6 Å². The number of ether oxygens (including phenoxy) is 1. The highest BCUT2D eigenvalue weighted by Gasteiger charge is 2.11. The summed E-state index contributed by atoms with van der Waals surface area (Å²) in [5.74, 6) is 0.245. The van der Waals surface area contributed by atoms with Crippen molar-refractivity contribution in [2.45, 2.75) is 38.5 Å². The molecule has 1 unspecified atom stereocenters. The number of halogens is 1. The summed E-state index contributed by atoms with van der Waals surface area (Å²) >= 11 is 0. The van der Waals surface area contributed by atoms with Gasteiger partial charge in [-0.15, -0.1) is 0 Å². The quantitative estimate of drug-likeness (QED) is 0.640. The summed E-state index contributed by atoms with van der Waals surface area (Å²) in [5.41, 5.74) is 2.30. The van der Waals surface area contributed by atoms with E-state index in [1.54, 1.807) is 18.2 Å². The van der Waals surface area contributed by atoms with Crippen molar-refractivity contribution in [3.8, 4) is 11.8 Å². The van der Waals surface area contributed by atoms with Gasteiger partial charge in [-0.25, -0.2) is 4.39 Å². The van der Waals surface area contributed by atoms with Gasteiger partial charge in [0.1, 0.15) is 0 Å². The van der Waals surface area contributed by atoms with E-state index in [2.05, 4.69) is 32.0 Å². The standard InChI is InChI=1S/C20H22FNO/c1-15(2)16-9-11-17(12-10-16)18(14-22)6-5-13-23-20-8-4-3-7-19(20)21/h3-4,7-12,15,18H,5-6,13H2,1-2H3. The van der Waals surface area contributed by atoms with Crippen LogP contribution in [0.3, 0.4) is 0 Å². The molecule has 0 saturated carbocycles. The van der Waals surface area contributed by atoms with Crippen LogP contribution in [-0.4, -0.2) is 6.61 Å². The third-order valence-electron chi connectivity index (χ3n) is 3.89. The molecule has 0 aliphatic rings. The summed E-state index contributed by atoms with van der Waals surface area (Å²) in [4.78, 5) is 0. The summed E-state index contributed by atoms with van der Waals surface area (Å²) in [6.07, 6.45) is 1.41. The fraction of sp³-hybridized carbons (Fsp3) is 0.350. The van der Waals surface area contributed by atoms with Gasteiger partial charge in [-0.2, -0.15) is 5.26 Å². The fourth-order valence-electron chi connectivity index (χ4n) is 2.45. The average molecular weight is 311 g/mol. The summed E-state index contributed by atoms with van der Waals surface area (Å²) < 4.78 is 18.9. The molecule has 2 nitrogen and oxygen atoms in total. The van der Waals surface area contributed by atoms with Gasteiger partial charge >= 0.3 is 0 Å². The van der Waals surface area contributed by atoms with Crippen molar-refractivity contribution in [3.05, 3.63) is 65.5 Å². The Bertz CT molecular complexity index is 658. The lowest BCUT2D eigenvalue weighted by atomic mass is 9.93. The maximum absolute atomic E-state index is 13.4. The zero-order valence-corrected chi connectivity index (χ0v) is 13.6. The van der Waals surface area contributed by atoms with Crippen molar-refractivity contribution in [1.82, 2.24) is 0 Å². The average Bonchev–Trinajstić information content (AvgIpc) is 2.56. The van der Waals surface area contributed by atoms with E-state index in [0.29, 0.717) is 25.4 Å². The van der Waals surface area contributed by atoms with E-state index in [9.17, 15) is 9.65 Å². The van der Waals surface area contributed by atoms with Crippen LogP contribution in [0.4, 0.5) is 4.39 Å². The molecule has 0 radical (unpaired) electrons. The molecular formula is C20H22FNO. The molecule has 0 aliphatic heterocycles. The second-order valence-electron chi connectivity index (χ2n) is 5.92. The summed E-state index contributed by atoms with van der Waals surface area (Å²) in [5, 5.41) is 9.37. The normalized spacial score (nSPS) is 12.0. The zero-order valence-electron chi connectivity index (χ0n) is 13.6. The summed E-state index contributed by atoms with van der Waals surface area (Å²) in [6, 6.07) is 16.9. The highest BCUT2D eigenvalue weighted by molar-refractivity contribution is 5.30. The van der Waals surface area contributed by atoms with Crippen molar-refractivity contribution in [1.29, 1.82) is 5.26 Å². The molecule has 2 rings (SSSR count). The van der Waals surface area contributed by atoms with E-state index in [1.807, 2.05) is 12.1 Å². The molecule has 0 amide bonds. The van der Waals surface area contributed by atoms with Crippen molar-refractivity contribution in [2.75, 3.05) is 6.61 Å². The predicted octanol–water partition coefficient (Wildman–Crippen LogP) is 5.42. The Labute approximate surface area is 137 Å². The van der Waals surface area contributed by atoms with Gasteiger partial charge in [0, 0.05) is 0 Å². The number of benzene rings is 2. The topological polar surface area (TPSA) is 33.0 Å². The van der Waals surface area contributed by atoms with Crippen molar-refractivity contribution in [2.24, 2.45) is 0 Å².